The van der Waals surface area contributed by atoms with E-state index in [0.29, 0.717) is 28.3 Å². The standard InChI is InChI=1S/C20H19NO6/c1-12-14-6-4-5-7-16(14)27-19(12)20(23)26-11-18(22)21-15-9-8-13(24-2)10-17(15)25-3/h4-10H,11H2,1-3H3,(H,21,22). The lowest BCUT2D eigenvalue weighted by atomic mass is 10.1. The molecule has 7 heteroatoms. The third-order valence-corrected chi connectivity index (χ3v) is 4.05. The molecule has 0 bridgehead atoms. The van der Waals surface area contributed by atoms with E-state index in [0.717, 1.165) is 5.39 Å². The van der Waals surface area contributed by atoms with Gasteiger partial charge in [0, 0.05) is 17.0 Å². The number of amides is 1. The minimum absolute atomic E-state index is 0.0889. The SMILES string of the molecule is COc1ccc(NC(=O)COC(=O)c2oc3ccccc3c2C)c(OC)c1. The second-order valence-corrected chi connectivity index (χ2v) is 5.74. The average molecular weight is 369 g/mol. The molecule has 0 saturated carbocycles. The zero-order chi connectivity index (χ0) is 19.4. The Kier molecular flexibility index (Phi) is 5.30. The third kappa shape index (κ3) is 3.87. The summed E-state index contributed by atoms with van der Waals surface area (Å²) in [7, 11) is 3.02. The van der Waals surface area contributed by atoms with Gasteiger partial charge in [-0.2, -0.15) is 0 Å². The first-order valence-electron chi connectivity index (χ1n) is 8.20. The first-order valence-corrected chi connectivity index (χ1v) is 8.20. The molecule has 0 spiro atoms. The molecular formula is C20H19NO6. The van der Waals surface area contributed by atoms with Crippen LogP contribution in [-0.2, 0) is 9.53 Å². The molecule has 0 saturated heterocycles. The highest BCUT2D eigenvalue weighted by molar-refractivity contribution is 5.98. The van der Waals surface area contributed by atoms with Crippen molar-refractivity contribution in [2.75, 3.05) is 26.1 Å². The summed E-state index contributed by atoms with van der Waals surface area (Å²) >= 11 is 0. The number of rotatable bonds is 6. The number of furan rings is 1. The molecule has 1 heterocycles. The van der Waals surface area contributed by atoms with Gasteiger partial charge in [0.1, 0.15) is 17.1 Å². The summed E-state index contributed by atoms with van der Waals surface area (Å²) in [5, 5.41) is 3.46. The van der Waals surface area contributed by atoms with Crippen LogP contribution in [0.2, 0.25) is 0 Å². The maximum Gasteiger partial charge on any atom is 0.375 e. The van der Waals surface area contributed by atoms with Gasteiger partial charge in [-0.05, 0) is 25.1 Å². The van der Waals surface area contributed by atoms with E-state index in [1.165, 1.54) is 14.2 Å². The monoisotopic (exact) mass is 369 g/mol. The van der Waals surface area contributed by atoms with Gasteiger partial charge in [0.25, 0.3) is 5.91 Å². The maximum absolute atomic E-state index is 12.3. The number of benzene rings is 2. The van der Waals surface area contributed by atoms with Crippen LogP contribution in [0, 0.1) is 6.92 Å². The quantitative estimate of drug-likeness (QED) is 0.669. The Morgan fingerprint density at radius 2 is 1.85 bits per heavy atom. The summed E-state index contributed by atoms with van der Waals surface area (Å²) in [6, 6.07) is 12.3. The zero-order valence-corrected chi connectivity index (χ0v) is 15.2. The molecule has 7 nitrogen and oxygen atoms in total. The minimum atomic E-state index is -0.694. The Bertz CT molecular complexity index is 991. The van der Waals surface area contributed by atoms with E-state index in [-0.39, 0.29) is 5.76 Å². The first kappa shape index (κ1) is 18.3. The van der Waals surface area contributed by atoms with Gasteiger partial charge in [-0.1, -0.05) is 18.2 Å². The van der Waals surface area contributed by atoms with Gasteiger partial charge in [-0.3, -0.25) is 4.79 Å². The number of nitrogens with one attached hydrogen (secondary N) is 1. The van der Waals surface area contributed by atoms with Crippen LogP contribution >= 0.6 is 0 Å². The van der Waals surface area contributed by atoms with Crippen molar-refractivity contribution >= 4 is 28.5 Å². The second-order valence-electron chi connectivity index (χ2n) is 5.74. The summed E-state index contributed by atoms with van der Waals surface area (Å²) in [4.78, 5) is 24.4. The minimum Gasteiger partial charge on any atom is -0.497 e. The highest BCUT2D eigenvalue weighted by Crippen LogP contribution is 2.29. The van der Waals surface area contributed by atoms with Crippen molar-refractivity contribution in [1.29, 1.82) is 0 Å². The van der Waals surface area contributed by atoms with E-state index < -0.39 is 18.5 Å². The summed E-state index contributed by atoms with van der Waals surface area (Å²) < 4.78 is 20.9. The molecule has 2 aromatic carbocycles. The van der Waals surface area contributed by atoms with Crippen molar-refractivity contribution in [3.05, 3.63) is 53.8 Å². The molecule has 0 aliphatic carbocycles. The van der Waals surface area contributed by atoms with Gasteiger partial charge in [0.2, 0.25) is 5.76 Å². The molecule has 0 fully saturated rings. The number of methoxy groups -OCH3 is 2. The highest BCUT2D eigenvalue weighted by Gasteiger charge is 2.20. The van der Waals surface area contributed by atoms with E-state index in [2.05, 4.69) is 5.32 Å². The fraction of sp³-hybridized carbons (Fsp3) is 0.200. The number of aryl methyl sites for hydroxylation is 1. The van der Waals surface area contributed by atoms with E-state index in [9.17, 15) is 9.59 Å². The summed E-state index contributed by atoms with van der Waals surface area (Å²) in [6.07, 6.45) is 0. The number of para-hydroxylation sites is 1. The fourth-order valence-electron chi connectivity index (χ4n) is 2.65. The van der Waals surface area contributed by atoms with Crippen molar-refractivity contribution in [2.45, 2.75) is 6.92 Å². The molecule has 0 radical (unpaired) electrons. The van der Waals surface area contributed by atoms with Crippen molar-refractivity contribution in [1.82, 2.24) is 0 Å². The van der Waals surface area contributed by atoms with Crippen molar-refractivity contribution in [2.24, 2.45) is 0 Å². The van der Waals surface area contributed by atoms with Crippen LogP contribution in [-0.4, -0.2) is 32.7 Å². The first-order chi connectivity index (χ1) is 13.0. The smallest absolute Gasteiger partial charge is 0.375 e. The molecule has 3 rings (SSSR count). The van der Waals surface area contributed by atoms with E-state index in [1.807, 2.05) is 18.2 Å². The number of hydrogen-bond donors (Lipinski definition) is 1. The summed E-state index contributed by atoms with van der Waals surface area (Å²) in [5.74, 6) is -0.0778. The van der Waals surface area contributed by atoms with Crippen LogP contribution in [0.5, 0.6) is 11.5 Å². The number of anilines is 1. The molecule has 0 unspecified atom stereocenters. The van der Waals surface area contributed by atoms with E-state index >= 15 is 0 Å². The average Bonchev–Trinajstić information content (AvgIpc) is 3.03. The van der Waals surface area contributed by atoms with Crippen LogP contribution in [0.25, 0.3) is 11.0 Å². The predicted octanol–water partition coefficient (Wildman–Crippen LogP) is 3.55. The van der Waals surface area contributed by atoms with Gasteiger partial charge in [-0.15, -0.1) is 0 Å². The van der Waals surface area contributed by atoms with Crippen molar-refractivity contribution in [3.63, 3.8) is 0 Å². The topological polar surface area (TPSA) is 87.0 Å². The molecule has 140 valence electrons. The molecule has 0 aliphatic rings. The van der Waals surface area contributed by atoms with Crippen LogP contribution in [0.1, 0.15) is 16.1 Å². The van der Waals surface area contributed by atoms with Gasteiger partial charge >= 0.3 is 5.97 Å². The lowest BCUT2D eigenvalue weighted by molar-refractivity contribution is -0.119. The largest absolute Gasteiger partial charge is 0.497 e. The van der Waals surface area contributed by atoms with Crippen molar-refractivity contribution < 1.29 is 28.2 Å². The van der Waals surface area contributed by atoms with Gasteiger partial charge < -0.3 is 23.9 Å². The molecule has 3 aromatic rings. The Hall–Kier alpha value is -3.48. The van der Waals surface area contributed by atoms with Gasteiger partial charge in [0.05, 0.1) is 19.9 Å². The zero-order valence-electron chi connectivity index (χ0n) is 15.2. The highest BCUT2D eigenvalue weighted by atomic mass is 16.5. The molecule has 1 N–H and O–H groups in total. The predicted molar refractivity (Wildman–Crippen MR) is 99.4 cm³/mol. The lowest BCUT2D eigenvalue weighted by Crippen LogP contribution is -2.21. The summed E-state index contributed by atoms with van der Waals surface area (Å²) in [6.45, 7) is 1.31. The number of fused-ring (bicyclic) bond motifs is 1. The maximum atomic E-state index is 12.3. The fourth-order valence-corrected chi connectivity index (χ4v) is 2.65. The molecule has 27 heavy (non-hydrogen) atoms. The normalized spacial score (nSPS) is 10.5. The number of carbonyl (C=O) groups excluding carboxylic acids is 2. The second kappa shape index (κ2) is 7.82. The van der Waals surface area contributed by atoms with Crippen LogP contribution < -0.4 is 14.8 Å². The molecule has 0 aliphatic heterocycles. The summed E-state index contributed by atoms with van der Waals surface area (Å²) in [5.41, 5.74) is 1.71. The molecular weight excluding hydrogens is 350 g/mol. The lowest BCUT2D eigenvalue weighted by Gasteiger charge is -2.11. The van der Waals surface area contributed by atoms with Crippen LogP contribution in [0.15, 0.2) is 46.9 Å². The number of hydrogen-bond acceptors (Lipinski definition) is 6. The van der Waals surface area contributed by atoms with Crippen molar-refractivity contribution in [3.8, 4) is 11.5 Å². The molecule has 1 aromatic heterocycles. The molecule has 0 atom stereocenters. The van der Waals surface area contributed by atoms with E-state index in [1.54, 1.807) is 31.2 Å². The Morgan fingerprint density at radius 1 is 1.07 bits per heavy atom. The number of carbonyl (C=O) groups is 2. The van der Waals surface area contributed by atoms with Gasteiger partial charge in [0.15, 0.2) is 6.61 Å². The Morgan fingerprint density at radius 3 is 2.56 bits per heavy atom. The van der Waals surface area contributed by atoms with Crippen LogP contribution in [0.4, 0.5) is 5.69 Å². The Balaban J connectivity index is 1.65. The van der Waals surface area contributed by atoms with Gasteiger partial charge in [-0.25, -0.2) is 4.79 Å². The van der Waals surface area contributed by atoms with Crippen LogP contribution in [0.3, 0.4) is 0 Å². The van der Waals surface area contributed by atoms with E-state index in [4.69, 9.17) is 18.6 Å². The number of esters is 1. The number of ether oxygens (including phenoxy) is 3. The third-order valence-electron chi connectivity index (χ3n) is 4.05. The molecule has 1 amide bonds. The Labute approximate surface area is 155 Å².